The van der Waals surface area contributed by atoms with E-state index in [-0.39, 0.29) is 18.9 Å². The quantitative estimate of drug-likeness (QED) is 0.0204. The van der Waals surface area contributed by atoms with Gasteiger partial charge in [0.1, 0.15) is 48.8 Å². The van der Waals surface area contributed by atoms with Gasteiger partial charge in [0.25, 0.3) is 0 Å². The molecule has 14 heteroatoms. The minimum absolute atomic E-state index is 0.241. The summed E-state index contributed by atoms with van der Waals surface area (Å²) in [5, 5.41) is 87.5. The zero-order valence-electron chi connectivity index (χ0n) is 56.0. The van der Waals surface area contributed by atoms with Gasteiger partial charge in [0.2, 0.25) is 5.91 Å². The first kappa shape index (κ1) is 81.6. The molecule has 2 heterocycles. The summed E-state index contributed by atoms with van der Waals surface area (Å²) in [7, 11) is 0. The second-order valence-electron chi connectivity index (χ2n) is 26.4. The van der Waals surface area contributed by atoms with Crippen molar-refractivity contribution in [3.8, 4) is 0 Å². The third-order valence-electron chi connectivity index (χ3n) is 18.4. The third-order valence-corrected chi connectivity index (χ3v) is 18.4. The molecule has 14 nitrogen and oxygen atoms in total. The van der Waals surface area contributed by atoms with Gasteiger partial charge in [-0.15, -0.1) is 0 Å². The topological polar surface area (TPSA) is 228 Å². The first-order valence-electron chi connectivity index (χ1n) is 37.1. The van der Waals surface area contributed by atoms with Crippen LogP contribution < -0.4 is 5.32 Å². The van der Waals surface area contributed by atoms with Gasteiger partial charge in [-0.1, -0.05) is 327 Å². The van der Waals surface area contributed by atoms with Crippen molar-refractivity contribution >= 4 is 5.91 Å². The average molecular weight is 1240 g/mol. The third kappa shape index (κ3) is 42.4. The molecule has 2 saturated heterocycles. The summed E-state index contributed by atoms with van der Waals surface area (Å²) < 4.78 is 22.9. The Morgan fingerprint density at radius 2 is 0.736 bits per heavy atom. The van der Waals surface area contributed by atoms with Crippen molar-refractivity contribution in [2.75, 3.05) is 19.8 Å². The SMILES string of the molecule is CCCCCCCCCCCCCCCCCCC/C=C/CC/C=C/C(O)C(COC1OC(CO)C(OC2OC(CO)C(O)C(O)C2O)C(O)C1O)NC(=O)CCCCCCCCCCCCCCCCCCCCCCCCCCCCCCCC. The number of carbonyl (C=O) groups is 1. The van der Waals surface area contributed by atoms with Crippen LogP contribution in [0.2, 0.25) is 0 Å². The summed E-state index contributed by atoms with van der Waals surface area (Å²) in [6, 6.07) is -0.929. The molecule has 0 aliphatic carbocycles. The van der Waals surface area contributed by atoms with E-state index in [1.165, 1.54) is 276 Å². The van der Waals surface area contributed by atoms with Gasteiger partial charge in [0, 0.05) is 6.42 Å². The lowest BCUT2D eigenvalue weighted by molar-refractivity contribution is -0.359. The van der Waals surface area contributed by atoms with E-state index in [1.807, 2.05) is 6.08 Å². The lowest BCUT2D eigenvalue weighted by atomic mass is 9.97. The van der Waals surface area contributed by atoms with E-state index in [1.54, 1.807) is 6.08 Å². The molecule has 0 aromatic carbocycles. The fourth-order valence-electron chi connectivity index (χ4n) is 12.5. The molecule has 9 N–H and O–H groups in total. The number of aliphatic hydroxyl groups is 8. The number of nitrogens with one attached hydrogen (secondary N) is 1. The van der Waals surface area contributed by atoms with Gasteiger partial charge in [-0.2, -0.15) is 0 Å². The van der Waals surface area contributed by atoms with Crippen molar-refractivity contribution in [3.63, 3.8) is 0 Å². The summed E-state index contributed by atoms with van der Waals surface area (Å²) >= 11 is 0. The van der Waals surface area contributed by atoms with E-state index < -0.39 is 86.8 Å². The number of amides is 1. The van der Waals surface area contributed by atoms with E-state index in [0.717, 1.165) is 32.1 Å². The zero-order chi connectivity index (χ0) is 63.1. The summed E-state index contributed by atoms with van der Waals surface area (Å²) in [5.41, 5.74) is 0. The van der Waals surface area contributed by atoms with Crippen molar-refractivity contribution in [2.45, 2.75) is 415 Å². The molecule has 2 aliphatic heterocycles. The fourth-order valence-corrected chi connectivity index (χ4v) is 12.5. The molecular weight excluding hydrogens is 1100 g/mol. The second kappa shape index (κ2) is 58.3. The number of aliphatic hydroxyl groups excluding tert-OH is 8. The summed E-state index contributed by atoms with van der Waals surface area (Å²) in [6.45, 7) is 2.84. The van der Waals surface area contributed by atoms with E-state index in [0.29, 0.717) is 12.8 Å². The van der Waals surface area contributed by atoms with E-state index in [2.05, 4.69) is 31.3 Å². The van der Waals surface area contributed by atoms with E-state index in [4.69, 9.17) is 18.9 Å². The van der Waals surface area contributed by atoms with Crippen LogP contribution in [0.15, 0.2) is 24.3 Å². The maximum atomic E-state index is 13.3. The lowest BCUT2D eigenvalue weighted by Crippen LogP contribution is -2.65. The number of hydrogen-bond donors (Lipinski definition) is 9. The summed E-state index contributed by atoms with van der Waals surface area (Å²) in [4.78, 5) is 13.3. The van der Waals surface area contributed by atoms with Gasteiger partial charge in [-0.3, -0.25) is 4.79 Å². The van der Waals surface area contributed by atoms with Crippen LogP contribution in [0.5, 0.6) is 0 Å². The van der Waals surface area contributed by atoms with Crippen LogP contribution in [0.4, 0.5) is 0 Å². The number of ether oxygens (including phenoxy) is 4. The highest BCUT2D eigenvalue weighted by Crippen LogP contribution is 2.30. The summed E-state index contributed by atoms with van der Waals surface area (Å²) in [6.07, 6.45) is 56.8. The van der Waals surface area contributed by atoms with Crippen molar-refractivity contribution < 1.29 is 64.6 Å². The van der Waals surface area contributed by atoms with Crippen LogP contribution in [-0.4, -0.2) is 140 Å². The number of carbonyl (C=O) groups excluding carboxylic acids is 1. The largest absolute Gasteiger partial charge is 0.394 e. The maximum Gasteiger partial charge on any atom is 0.220 e. The standard InChI is InChI=1S/C73H139NO13/c1-3-5-7-9-11-13-15-17-19-21-23-25-27-28-29-30-31-32-33-35-37-39-41-43-45-47-49-51-53-55-57-65(78)74-61(60-84-72-70(83)68(81)71(64(59-76)86-72)87-73-69(82)67(80)66(79)63(58-75)85-73)62(77)56-54-52-50-48-46-44-42-40-38-36-34-26-24-22-20-18-16-14-12-10-8-6-4-2/h46,48,54,56,61-64,66-73,75-77,79-83H,3-45,47,49-53,55,57-60H2,1-2H3,(H,74,78)/b48-46+,56-54+. The second-order valence-corrected chi connectivity index (χ2v) is 26.4. The van der Waals surface area contributed by atoms with Gasteiger partial charge < -0.3 is 65.1 Å². The molecule has 12 unspecified atom stereocenters. The predicted molar refractivity (Wildman–Crippen MR) is 355 cm³/mol. The zero-order valence-corrected chi connectivity index (χ0v) is 56.0. The smallest absolute Gasteiger partial charge is 0.220 e. The molecule has 12 atom stereocenters. The Balaban J connectivity index is 1.66. The summed E-state index contributed by atoms with van der Waals surface area (Å²) in [5.74, 6) is -0.241. The molecule has 2 rings (SSSR count). The number of unbranched alkanes of at least 4 members (excludes halogenated alkanes) is 47. The molecule has 0 saturated carbocycles. The Hall–Kier alpha value is -1.53. The molecule has 87 heavy (non-hydrogen) atoms. The van der Waals surface area contributed by atoms with Gasteiger partial charge >= 0.3 is 0 Å². The van der Waals surface area contributed by atoms with Crippen LogP contribution in [0.1, 0.15) is 341 Å². The minimum atomic E-state index is -1.79. The van der Waals surface area contributed by atoms with Crippen molar-refractivity contribution in [3.05, 3.63) is 24.3 Å². The van der Waals surface area contributed by atoms with E-state index in [9.17, 15) is 45.6 Å². The van der Waals surface area contributed by atoms with Crippen molar-refractivity contribution in [2.24, 2.45) is 0 Å². The minimum Gasteiger partial charge on any atom is -0.394 e. The number of rotatable bonds is 62. The van der Waals surface area contributed by atoms with Gasteiger partial charge in [0.05, 0.1) is 32.0 Å². The molecular formula is C73H139NO13. The van der Waals surface area contributed by atoms with Crippen LogP contribution in [0, 0.1) is 0 Å². The first-order valence-corrected chi connectivity index (χ1v) is 37.1. The van der Waals surface area contributed by atoms with Gasteiger partial charge in [0.15, 0.2) is 12.6 Å². The maximum absolute atomic E-state index is 13.3. The monoisotopic (exact) mass is 1240 g/mol. The fraction of sp³-hybridized carbons (Fsp3) is 0.932. The Morgan fingerprint density at radius 3 is 1.13 bits per heavy atom. The Labute approximate surface area is 532 Å². The predicted octanol–water partition coefficient (Wildman–Crippen LogP) is 15.5. The molecule has 2 aliphatic rings. The van der Waals surface area contributed by atoms with Crippen LogP contribution >= 0.6 is 0 Å². The van der Waals surface area contributed by atoms with Gasteiger partial charge in [-0.05, 0) is 32.1 Å². The normalized spacial score (nSPS) is 23.3. The number of allylic oxidation sites excluding steroid dienone is 3. The first-order chi connectivity index (χ1) is 42.6. The molecule has 0 spiro atoms. The Kier molecular flexibility index (Phi) is 54.7. The average Bonchev–Trinajstić information content (AvgIpc) is 2.73. The van der Waals surface area contributed by atoms with E-state index >= 15 is 0 Å². The highest BCUT2D eigenvalue weighted by molar-refractivity contribution is 5.76. The molecule has 2 fully saturated rings. The van der Waals surface area contributed by atoms with Crippen LogP contribution in [0.3, 0.4) is 0 Å². The molecule has 0 aromatic heterocycles. The molecule has 0 aromatic rings. The molecule has 514 valence electrons. The van der Waals surface area contributed by atoms with Crippen LogP contribution in [0.25, 0.3) is 0 Å². The highest BCUT2D eigenvalue weighted by atomic mass is 16.7. The Morgan fingerprint density at radius 1 is 0.402 bits per heavy atom. The Bertz CT molecular complexity index is 1550. The van der Waals surface area contributed by atoms with Crippen molar-refractivity contribution in [1.82, 2.24) is 5.32 Å². The molecule has 0 radical (unpaired) electrons. The lowest BCUT2D eigenvalue weighted by Gasteiger charge is -2.46. The highest BCUT2D eigenvalue weighted by Gasteiger charge is 2.51. The molecule has 0 bridgehead atoms. The van der Waals surface area contributed by atoms with Crippen LogP contribution in [-0.2, 0) is 23.7 Å². The number of hydrogen-bond acceptors (Lipinski definition) is 13. The van der Waals surface area contributed by atoms with Gasteiger partial charge in [-0.25, -0.2) is 0 Å². The molecule has 1 amide bonds. The van der Waals surface area contributed by atoms with Crippen molar-refractivity contribution in [1.29, 1.82) is 0 Å².